The van der Waals surface area contributed by atoms with Crippen LogP contribution in [0.4, 0.5) is 17.1 Å². The molecule has 1 heterocycles. The van der Waals surface area contributed by atoms with Crippen molar-refractivity contribution in [2.75, 3.05) is 4.90 Å². The number of hydrogen-bond acceptors (Lipinski definition) is 2. The van der Waals surface area contributed by atoms with Crippen LogP contribution in [-0.4, -0.2) is 0 Å². The molecule has 0 bridgehead atoms. The summed E-state index contributed by atoms with van der Waals surface area (Å²) in [5.41, 5.74) is 15.1. The largest absolute Gasteiger partial charge is 0.456 e. The molecule has 2 nitrogen and oxygen atoms in total. The summed E-state index contributed by atoms with van der Waals surface area (Å²) in [6.45, 7) is 4.70. The zero-order valence-corrected chi connectivity index (χ0v) is 26.4. The molecular weight excluding hydrogens is 571 g/mol. The number of fused-ring (bicyclic) bond motifs is 6. The van der Waals surface area contributed by atoms with Crippen LogP contribution >= 0.6 is 0 Å². The van der Waals surface area contributed by atoms with Crippen LogP contribution in [0.1, 0.15) is 25.0 Å². The molecule has 0 unspecified atom stereocenters. The Bertz CT molecular complexity index is 2440. The number of para-hydroxylation sites is 2. The molecule has 1 aromatic heterocycles. The van der Waals surface area contributed by atoms with Crippen LogP contribution in [0.3, 0.4) is 0 Å². The fraction of sp³-hybridized carbons (Fsp3) is 0.0667. The fourth-order valence-electron chi connectivity index (χ4n) is 7.61. The van der Waals surface area contributed by atoms with E-state index >= 15 is 0 Å². The molecular formula is C45H33NO. The first-order chi connectivity index (χ1) is 23.1. The lowest BCUT2D eigenvalue weighted by molar-refractivity contribution is 0.660. The molecule has 9 rings (SSSR count). The molecule has 224 valence electrons. The molecule has 0 saturated heterocycles. The molecule has 8 aromatic rings. The van der Waals surface area contributed by atoms with E-state index in [1.807, 2.05) is 12.1 Å². The predicted octanol–water partition coefficient (Wildman–Crippen LogP) is 12.7. The molecule has 1 aliphatic carbocycles. The first kappa shape index (κ1) is 27.5. The smallest absolute Gasteiger partial charge is 0.137 e. The number of anilines is 3. The van der Waals surface area contributed by atoms with E-state index in [4.69, 9.17) is 4.42 Å². The molecule has 47 heavy (non-hydrogen) atoms. The van der Waals surface area contributed by atoms with E-state index < -0.39 is 0 Å². The first-order valence-electron chi connectivity index (χ1n) is 16.3. The lowest BCUT2D eigenvalue weighted by atomic mass is 9.81. The summed E-state index contributed by atoms with van der Waals surface area (Å²) >= 11 is 0. The third kappa shape index (κ3) is 4.33. The minimum absolute atomic E-state index is 0.102. The van der Waals surface area contributed by atoms with Crippen molar-refractivity contribution in [2.24, 2.45) is 0 Å². The monoisotopic (exact) mass is 603 g/mol. The van der Waals surface area contributed by atoms with Crippen molar-refractivity contribution in [1.29, 1.82) is 0 Å². The molecule has 0 N–H and O–H groups in total. The van der Waals surface area contributed by atoms with Gasteiger partial charge in [-0.2, -0.15) is 0 Å². The second kappa shape index (κ2) is 10.6. The van der Waals surface area contributed by atoms with E-state index in [0.717, 1.165) is 39.0 Å². The summed E-state index contributed by atoms with van der Waals surface area (Å²) in [5.74, 6) is 0. The van der Waals surface area contributed by atoms with Crippen molar-refractivity contribution in [3.05, 3.63) is 175 Å². The van der Waals surface area contributed by atoms with Gasteiger partial charge in [0.25, 0.3) is 0 Å². The molecule has 0 fully saturated rings. The van der Waals surface area contributed by atoms with E-state index in [1.165, 1.54) is 44.5 Å². The maximum absolute atomic E-state index is 6.40. The quantitative estimate of drug-likeness (QED) is 0.195. The Morgan fingerprint density at radius 1 is 0.447 bits per heavy atom. The van der Waals surface area contributed by atoms with Crippen LogP contribution in [-0.2, 0) is 5.41 Å². The van der Waals surface area contributed by atoms with Crippen molar-refractivity contribution >= 4 is 39.0 Å². The van der Waals surface area contributed by atoms with Crippen LogP contribution in [0.2, 0.25) is 0 Å². The summed E-state index contributed by atoms with van der Waals surface area (Å²) < 4.78 is 6.40. The summed E-state index contributed by atoms with van der Waals surface area (Å²) in [6.07, 6.45) is 0. The number of hydrogen-bond donors (Lipinski definition) is 0. The van der Waals surface area contributed by atoms with Gasteiger partial charge in [-0.1, -0.05) is 129 Å². The summed E-state index contributed by atoms with van der Waals surface area (Å²) in [7, 11) is 0. The summed E-state index contributed by atoms with van der Waals surface area (Å²) in [4.78, 5) is 2.38. The van der Waals surface area contributed by atoms with Crippen molar-refractivity contribution in [1.82, 2.24) is 0 Å². The van der Waals surface area contributed by atoms with Gasteiger partial charge in [-0.3, -0.25) is 0 Å². The fourth-order valence-corrected chi connectivity index (χ4v) is 7.61. The molecule has 1 aliphatic rings. The molecule has 0 atom stereocenters. The normalized spacial score (nSPS) is 13.1. The van der Waals surface area contributed by atoms with E-state index in [9.17, 15) is 0 Å². The van der Waals surface area contributed by atoms with Crippen molar-refractivity contribution in [2.45, 2.75) is 19.3 Å². The van der Waals surface area contributed by atoms with Crippen molar-refractivity contribution in [3.8, 4) is 33.4 Å². The van der Waals surface area contributed by atoms with Gasteiger partial charge in [0.05, 0.1) is 5.69 Å². The highest BCUT2D eigenvalue weighted by Crippen LogP contribution is 2.52. The van der Waals surface area contributed by atoms with Gasteiger partial charge in [-0.05, 0) is 81.4 Å². The summed E-state index contributed by atoms with van der Waals surface area (Å²) in [6, 6.07) is 58.9. The second-order valence-corrected chi connectivity index (χ2v) is 12.9. The van der Waals surface area contributed by atoms with Gasteiger partial charge >= 0.3 is 0 Å². The van der Waals surface area contributed by atoms with Crippen LogP contribution < -0.4 is 4.90 Å². The van der Waals surface area contributed by atoms with Gasteiger partial charge < -0.3 is 9.32 Å². The number of nitrogens with zero attached hydrogens (tertiary/aromatic N) is 1. The zero-order chi connectivity index (χ0) is 31.5. The third-order valence-corrected chi connectivity index (χ3v) is 9.88. The Labute approximate surface area is 275 Å². The highest BCUT2D eigenvalue weighted by atomic mass is 16.3. The van der Waals surface area contributed by atoms with E-state index in [-0.39, 0.29) is 5.41 Å². The molecule has 0 radical (unpaired) electrons. The Morgan fingerprint density at radius 2 is 1.13 bits per heavy atom. The Kier molecular flexibility index (Phi) is 6.20. The average molecular weight is 604 g/mol. The highest BCUT2D eigenvalue weighted by Gasteiger charge is 2.35. The second-order valence-electron chi connectivity index (χ2n) is 12.9. The minimum atomic E-state index is -0.102. The van der Waals surface area contributed by atoms with Gasteiger partial charge in [-0.15, -0.1) is 0 Å². The van der Waals surface area contributed by atoms with Crippen LogP contribution in [0, 0.1) is 0 Å². The van der Waals surface area contributed by atoms with Gasteiger partial charge in [0.1, 0.15) is 11.2 Å². The Balaban J connectivity index is 1.31. The van der Waals surface area contributed by atoms with Gasteiger partial charge in [-0.25, -0.2) is 0 Å². The van der Waals surface area contributed by atoms with Crippen LogP contribution in [0.25, 0.3) is 55.3 Å². The van der Waals surface area contributed by atoms with Gasteiger partial charge in [0.15, 0.2) is 0 Å². The van der Waals surface area contributed by atoms with Crippen molar-refractivity contribution in [3.63, 3.8) is 0 Å². The Hall–Kier alpha value is -5.86. The van der Waals surface area contributed by atoms with E-state index in [1.54, 1.807) is 0 Å². The van der Waals surface area contributed by atoms with Gasteiger partial charge in [0, 0.05) is 39.2 Å². The first-order valence-corrected chi connectivity index (χ1v) is 16.3. The number of furan rings is 1. The molecule has 0 saturated carbocycles. The predicted molar refractivity (Wildman–Crippen MR) is 197 cm³/mol. The van der Waals surface area contributed by atoms with E-state index in [0.29, 0.717) is 0 Å². The summed E-state index contributed by atoms with van der Waals surface area (Å²) in [5, 5.41) is 2.25. The average Bonchev–Trinajstić information content (AvgIpc) is 3.60. The minimum Gasteiger partial charge on any atom is -0.456 e. The molecule has 7 aromatic carbocycles. The lowest BCUT2D eigenvalue weighted by Crippen LogP contribution is -2.15. The Morgan fingerprint density at radius 3 is 1.98 bits per heavy atom. The highest BCUT2D eigenvalue weighted by molar-refractivity contribution is 6.06. The zero-order valence-electron chi connectivity index (χ0n) is 26.4. The van der Waals surface area contributed by atoms with E-state index in [2.05, 4.69) is 170 Å². The van der Waals surface area contributed by atoms with Crippen LogP contribution in [0.15, 0.2) is 168 Å². The van der Waals surface area contributed by atoms with Gasteiger partial charge in [0.2, 0.25) is 0 Å². The van der Waals surface area contributed by atoms with Crippen molar-refractivity contribution < 1.29 is 4.42 Å². The molecule has 0 aliphatic heterocycles. The number of benzene rings is 7. The lowest BCUT2D eigenvalue weighted by Gasteiger charge is -2.29. The third-order valence-electron chi connectivity index (χ3n) is 9.88. The number of rotatable bonds is 5. The maximum atomic E-state index is 6.40. The molecule has 0 spiro atoms. The SMILES string of the molecule is CC1(C)c2ccccc2-c2ccc(-c3c(-c4ccccc4)cccc3N(c3ccccc3)c3ccc4c(c3)oc3ccccc34)cc21. The topological polar surface area (TPSA) is 16.4 Å². The molecule has 2 heteroatoms. The standard InChI is InChI=1S/C45H33NO/c1-45(2)39-21-11-9-18-35(39)36-26-24-31(28-40(36)45)44-34(30-14-5-3-6-15-30)20-13-22-41(44)46(32-16-7-4-8-17-32)33-25-27-38-37-19-10-12-23-42(37)47-43(38)29-33/h3-29H,1-2H3. The maximum Gasteiger partial charge on any atom is 0.137 e. The molecule has 0 amide bonds. The van der Waals surface area contributed by atoms with Crippen LogP contribution in [0.5, 0.6) is 0 Å².